The number of benzene rings is 4. The molecule has 0 aromatic heterocycles. The molecule has 2 N–H and O–H groups in total. The molecule has 2 amide bonds. The van der Waals surface area contributed by atoms with E-state index < -0.39 is 17.8 Å². The first-order valence-electron chi connectivity index (χ1n) is 13.3. The van der Waals surface area contributed by atoms with Crippen LogP contribution >= 0.6 is 23.2 Å². The summed E-state index contributed by atoms with van der Waals surface area (Å²) in [6, 6.07) is 22.9. The van der Waals surface area contributed by atoms with E-state index >= 15 is 0 Å². The molecule has 44 heavy (non-hydrogen) atoms. The van der Waals surface area contributed by atoms with Crippen molar-refractivity contribution in [1.82, 2.24) is 5.43 Å². The lowest BCUT2D eigenvalue weighted by molar-refractivity contribution is -0.129. The summed E-state index contributed by atoms with van der Waals surface area (Å²) in [5.74, 6) is -0.610. The van der Waals surface area contributed by atoms with E-state index in [1.165, 1.54) is 31.5 Å². The molecule has 0 saturated carbocycles. The number of nitrogens with zero attached hydrogens (tertiary/aromatic N) is 1. The van der Waals surface area contributed by atoms with E-state index in [9.17, 15) is 14.4 Å². The zero-order valence-corrected chi connectivity index (χ0v) is 25.2. The lowest BCUT2D eigenvalue weighted by Crippen LogP contribution is -2.18. The van der Waals surface area contributed by atoms with Crippen LogP contribution in [0.5, 0.6) is 17.2 Å². The maximum absolute atomic E-state index is 12.8. The summed E-state index contributed by atoms with van der Waals surface area (Å²) in [5.41, 5.74) is 4.74. The fourth-order valence-corrected chi connectivity index (χ4v) is 4.16. The molecule has 11 heteroatoms. The van der Waals surface area contributed by atoms with Crippen molar-refractivity contribution in [3.63, 3.8) is 0 Å². The number of carbonyl (C=O) groups is 3. The number of nitrogens with one attached hydrogen (secondary N) is 2. The van der Waals surface area contributed by atoms with Gasteiger partial charge in [0.05, 0.1) is 25.5 Å². The highest BCUT2D eigenvalue weighted by Gasteiger charge is 2.15. The predicted octanol–water partition coefficient (Wildman–Crippen LogP) is 7.04. The Labute approximate surface area is 264 Å². The van der Waals surface area contributed by atoms with Crippen LogP contribution in [-0.4, -0.2) is 37.7 Å². The normalized spacial score (nSPS) is 10.9. The number of hydrogen-bond acceptors (Lipinski definition) is 7. The summed E-state index contributed by atoms with van der Waals surface area (Å²) in [5, 5.41) is 7.74. The van der Waals surface area contributed by atoms with Crippen LogP contribution in [0.1, 0.15) is 38.8 Å². The third-order valence-corrected chi connectivity index (χ3v) is 6.42. The SMILES string of the molecule is CCOc1cc(C=NNC(=O)c2cccc(NC(=O)c3cc(Cl)ccc3OC)c2)ccc1OC(=O)/C=C/c1ccc(Cl)cc1. The van der Waals surface area contributed by atoms with Crippen LogP contribution < -0.4 is 25.0 Å². The van der Waals surface area contributed by atoms with Crippen LogP contribution in [0.3, 0.4) is 0 Å². The smallest absolute Gasteiger partial charge is 0.336 e. The van der Waals surface area contributed by atoms with Gasteiger partial charge in [0.2, 0.25) is 0 Å². The van der Waals surface area contributed by atoms with E-state index in [0.717, 1.165) is 5.56 Å². The first kappa shape index (κ1) is 31.8. The van der Waals surface area contributed by atoms with E-state index in [1.54, 1.807) is 85.8 Å². The molecule has 224 valence electrons. The van der Waals surface area contributed by atoms with Gasteiger partial charge >= 0.3 is 5.97 Å². The molecule has 0 aliphatic carbocycles. The molecule has 0 bridgehead atoms. The van der Waals surface area contributed by atoms with Crippen molar-refractivity contribution in [3.05, 3.63) is 123 Å². The molecule has 4 rings (SSSR count). The fraction of sp³-hybridized carbons (Fsp3) is 0.0909. The topological polar surface area (TPSA) is 115 Å². The molecule has 0 radical (unpaired) electrons. The molecular formula is C33H27Cl2N3O6. The Balaban J connectivity index is 1.38. The van der Waals surface area contributed by atoms with Gasteiger partial charge in [0.25, 0.3) is 11.8 Å². The standard InChI is InChI=1S/C33H27Cl2N3O6/c1-3-43-30-17-22(9-14-29(30)44-31(39)16-10-21-7-11-24(34)12-8-21)20-36-38-32(40)23-5-4-6-26(18-23)37-33(41)27-19-25(35)13-15-28(27)42-2/h4-20H,3H2,1-2H3,(H,37,41)(H,38,40)/b16-10+,36-20?. The molecule has 0 fully saturated rings. The average molecular weight is 633 g/mol. The number of carbonyl (C=O) groups excluding carboxylic acids is 3. The highest BCUT2D eigenvalue weighted by molar-refractivity contribution is 6.31. The number of esters is 1. The predicted molar refractivity (Wildman–Crippen MR) is 171 cm³/mol. The van der Waals surface area contributed by atoms with E-state index in [1.807, 2.05) is 0 Å². The second-order valence-electron chi connectivity index (χ2n) is 9.02. The summed E-state index contributed by atoms with van der Waals surface area (Å²) >= 11 is 11.9. The van der Waals surface area contributed by atoms with Crippen LogP contribution in [0.15, 0.2) is 96.1 Å². The summed E-state index contributed by atoms with van der Waals surface area (Å²) in [6.07, 6.45) is 4.34. The number of ether oxygens (including phenoxy) is 3. The molecular weight excluding hydrogens is 605 g/mol. The Kier molecular flexibility index (Phi) is 11.1. The molecule has 0 spiro atoms. The lowest BCUT2D eigenvalue weighted by atomic mass is 10.1. The van der Waals surface area contributed by atoms with Gasteiger partial charge < -0.3 is 19.5 Å². The van der Waals surface area contributed by atoms with Crippen LogP contribution in [0.25, 0.3) is 6.08 Å². The van der Waals surface area contributed by atoms with Gasteiger partial charge in [-0.15, -0.1) is 0 Å². The molecule has 0 saturated heterocycles. The van der Waals surface area contributed by atoms with Crippen molar-refractivity contribution >= 4 is 59.0 Å². The molecule has 4 aromatic carbocycles. The average Bonchev–Trinajstić information content (AvgIpc) is 3.02. The first-order valence-corrected chi connectivity index (χ1v) is 14.0. The second-order valence-corrected chi connectivity index (χ2v) is 9.90. The van der Waals surface area contributed by atoms with Gasteiger partial charge in [0.1, 0.15) is 5.75 Å². The van der Waals surface area contributed by atoms with Gasteiger partial charge in [-0.1, -0.05) is 41.4 Å². The highest BCUT2D eigenvalue weighted by atomic mass is 35.5. The number of halogens is 2. The second kappa shape index (κ2) is 15.4. The summed E-state index contributed by atoms with van der Waals surface area (Å²) in [4.78, 5) is 37.9. The molecule has 0 aliphatic rings. The van der Waals surface area contributed by atoms with E-state index in [-0.39, 0.29) is 16.9 Å². The summed E-state index contributed by atoms with van der Waals surface area (Å²) in [7, 11) is 1.45. The minimum absolute atomic E-state index is 0.230. The van der Waals surface area contributed by atoms with Crippen molar-refractivity contribution in [2.75, 3.05) is 19.0 Å². The maximum Gasteiger partial charge on any atom is 0.336 e. The largest absolute Gasteiger partial charge is 0.496 e. The summed E-state index contributed by atoms with van der Waals surface area (Å²) in [6.45, 7) is 2.13. The van der Waals surface area contributed by atoms with E-state index in [2.05, 4.69) is 15.8 Å². The molecule has 0 atom stereocenters. The van der Waals surface area contributed by atoms with Gasteiger partial charge in [0, 0.05) is 27.4 Å². The van der Waals surface area contributed by atoms with Crippen LogP contribution in [-0.2, 0) is 4.79 Å². The Morgan fingerprint density at radius 3 is 2.30 bits per heavy atom. The minimum atomic E-state index is -0.584. The van der Waals surface area contributed by atoms with Crippen molar-refractivity contribution in [3.8, 4) is 17.2 Å². The van der Waals surface area contributed by atoms with E-state index in [0.29, 0.717) is 39.4 Å². The lowest BCUT2D eigenvalue weighted by Gasteiger charge is -2.11. The maximum atomic E-state index is 12.8. The summed E-state index contributed by atoms with van der Waals surface area (Å²) < 4.78 is 16.3. The third kappa shape index (κ3) is 8.94. The van der Waals surface area contributed by atoms with Crippen molar-refractivity contribution in [2.45, 2.75) is 6.92 Å². The van der Waals surface area contributed by atoms with Crippen molar-refractivity contribution in [1.29, 1.82) is 0 Å². The van der Waals surface area contributed by atoms with Crippen LogP contribution in [0.2, 0.25) is 10.0 Å². The number of hydrogen-bond donors (Lipinski definition) is 2. The van der Waals surface area contributed by atoms with Gasteiger partial charge in [-0.3, -0.25) is 9.59 Å². The number of methoxy groups -OCH3 is 1. The van der Waals surface area contributed by atoms with Gasteiger partial charge in [-0.25, -0.2) is 10.2 Å². The molecule has 4 aromatic rings. The minimum Gasteiger partial charge on any atom is -0.496 e. The molecule has 0 aliphatic heterocycles. The molecule has 0 heterocycles. The zero-order valence-electron chi connectivity index (χ0n) is 23.7. The number of hydrazone groups is 1. The number of amides is 2. The van der Waals surface area contributed by atoms with Crippen LogP contribution in [0, 0.1) is 0 Å². The third-order valence-electron chi connectivity index (χ3n) is 5.93. The Morgan fingerprint density at radius 1 is 0.818 bits per heavy atom. The van der Waals surface area contributed by atoms with Gasteiger partial charge in [-0.2, -0.15) is 5.10 Å². The Bertz CT molecular complexity index is 1720. The number of anilines is 1. The van der Waals surface area contributed by atoms with Gasteiger partial charge in [0.15, 0.2) is 11.5 Å². The first-order chi connectivity index (χ1) is 21.2. The zero-order chi connectivity index (χ0) is 31.5. The van der Waals surface area contributed by atoms with Crippen LogP contribution in [0.4, 0.5) is 5.69 Å². The monoisotopic (exact) mass is 631 g/mol. The Morgan fingerprint density at radius 2 is 1.55 bits per heavy atom. The quantitative estimate of drug-likeness (QED) is 0.0603. The van der Waals surface area contributed by atoms with Crippen molar-refractivity contribution in [2.24, 2.45) is 5.10 Å². The molecule has 9 nitrogen and oxygen atoms in total. The fourth-order valence-electron chi connectivity index (χ4n) is 3.86. The Hall–Kier alpha value is -5.12. The number of rotatable bonds is 11. The highest BCUT2D eigenvalue weighted by Crippen LogP contribution is 2.28. The van der Waals surface area contributed by atoms with Gasteiger partial charge in [-0.05, 0) is 90.9 Å². The van der Waals surface area contributed by atoms with Crippen molar-refractivity contribution < 1.29 is 28.6 Å². The molecule has 0 unspecified atom stereocenters. The van der Waals surface area contributed by atoms with E-state index in [4.69, 9.17) is 37.4 Å².